The van der Waals surface area contributed by atoms with Crippen molar-refractivity contribution in [2.75, 3.05) is 12.4 Å². The summed E-state index contributed by atoms with van der Waals surface area (Å²) in [5, 5.41) is 3.67. The van der Waals surface area contributed by atoms with Crippen LogP contribution >= 0.6 is 0 Å². The van der Waals surface area contributed by atoms with Gasteiger partial charge in [0.15, 0.2) is 0 Å². The number of aryl methyl sites for hydroxylation is 3. The molecule has 1 N–H and O–H groups in total. The Kier molecular flexibility index (Phi) is 3.45. The van der Waals surface area contributed by atoms with Gasteiger partial charge in [-0.25, -0.2) is 9.55 Å². The molecule has 0 saturated carbocycles. The first-order valence-electron chi connectivity index (χ1n) is 7.30. The predicted molar refractivity (Wildman–Crippen MR) is 91.1 cm³/mol. The molecule has 0 aliphatic rings. The minimum absolute atomic E-state index is 0.0543. The summed E-state index contributed by atoms with van der Waals surface area (Å²) in [5.41, 5.74) is 4.83. The third-order valence-corrected chi connectivity index (χ3v) is 3.84. The van der Waals surface area contributed by atoms with E-state index in [0.29, 0.717) is 11.3 Å². The number of hydrogen-bond donors (Lipinski definition) is 1. The lowest BCUT2D eigenvalue weighted by Gasteiger charge is -2.15. The quantitative estimate of drug-likeness (QED) is 0.788. The molecule has 1 aromatic heterocycles. The van der Waals surface area contributed by atoms with Crippen LogP contribution in [0.25, 0.3) is 16.6 Å². The highest BCUT2D eigenvalue weighted by atomic mass is 16.1. The molecule has 22 heavy (non-hydrogen) atoms. The molecular formula is C18H19N3O. The molecule has 0 spiro atoms. The molecule has 0 saturated heterocycles. The smallest absolute Gasteiger partial charge is 0.267 e. The van der Waals surface area contributed by atoms with Crippen LogP contribution in [-0.4, -0.2) is 16.6 Å². The SMILES string of the molecule is CNc1nc2cc(C)ccc2c(=O)n1-c1ccc(C)cc1C. The van der Waals surface area contributed by atoms with E-state index in [9.17, 15) is 4.79 Å². The topological polar surface area (TPSA) is 46.9 Å². The standard InChI is InChI=1S/C18H19N3O/c1-11-6-8-16(13(3)9-11)21-17(22)14-7-5-12(2)10-15(14)20-18(21)19-4/h5-10H,1-4H3,(H,19,20). The van der Waals surface area contributed by atoms with Crippen LogP contribution in [0.1, 0.15) is 16.7 Å². The fourth-order valence-corrected chi connectivity index (χ4v) is 2.74. The number of nitrogens with one attached hydrogen (secondary N) is 1. The molecule has 3 rings (SSSR count). The van der Waals surface area contributed by atoms with E-state index < -0.39 is 0 Å². The van der Waals surface area contributed by atoms with Crippen molar-refractivity contribution in [3.8, 4) is 5.69 Å². The minimum atomic E-state index is -0.0543. The second kappa shape index (κ2) is 5.30. The maximum Gasteiger partial charge on any atom is 0.267 e. The summed E-state index contributed by atoms with van der Waals surface area (Å²) in [5.74, 6) is 0.551. The van der Waals surface area contributed by atoms with Crippen molar-refractivity contribution < 1.29 is 0 Å². The first kappa shape index (κ1) is 14.3. The van der Waals surface area contributed by atoms with Crippen molar-refractivity contribution in [2.45, 2.75) is 20.8 Å². The summed E-state index contributed by atoms with van der Waals surface area (Å²) in [6.45, 7) is 6.04. The average molecular weight is 293 g/mol. The first-order valence-corrected chi connectivity index (χ1v) is 7.30. The summed E-state index contributed by atoms with van der Waals surface area (Å²) in [4.78, 5) is 17.5. The zero-order chi connectivity index (χ0) is 15.9. The normalized spacial score (nSPS) is 10.9. The van der Waals surface area contributed by atoms with Gasteiger partial charge in [-0.05, 0) is 50.1 Å². The Labute approximate surface area is 129 Å². The molecular weight excluding hydrogens is 274 g/mol. The van der Waals surface area contributed by atoms with Gasteiger partial charge in [-0.2, -0.15) is 0 Å². The van der Waals surface area contributed by atoms with E-state index in [4.69, 9.17) is 0 Å². The Balaban J connectivity index is 2.40. The van der Waals surface area contributed by atoms with Crippen molar-refractivity contribution in [1.29, 1.82) is 0 Å². The molecule has 2 aromatic carbocycles. The van der Waals surface area contributed by atoms with Crippen LogP contribution in [0, 0.1) is 20.8 Å². The van der Waals surface area contributed by atoms with E-state index in [-0.39, 0.29) is 5.56 Å². The van der Waals surface area contributed by atoms with E-state index in [1.165, 1.54) is 5.56 Å². The van der Waals surface area contributed by atoms with Crippen molar-refractivity contribution in [1.82, 2.24) is 9.55 Å². The van der Waals surface area contributed by atoms with E-state index in [1.54, 1.807) is 11.6 Å². The molecule has 4 heteroatoms. The monoisotopic (exact) mass is 293 g/mol. The lowest BCUT2D eigenvalue weighted by molar-refractivity contribution is 0.956. The number of benzene rings is 2. The Hall–Kier alpha value is -2.62. The first-order chi connectivity index (χ1) is 10.5. The number of aromatic nitrogens is 2. The molecule has 0 bridgehead atoms. The maximum atomic E-state index is 12.9. The van der Waals surface area contributed by atoms with Crippen molar-refractivity contribution in [3.63, 3.8) is 0 Å². The van der Waals surface area contributed by atoms with E-state index in [0.717, 1.165) is 22.3 Å². The molecule has 1 heterocycles. The predicted octanol–water partition coefficient (Wildman–Crippen LogP) is 3.35. The molecule has 0 aliphatic carbocycles. The van der Waals surface area contributed by atoms with Crippen LogP contribution in [0.3, 0.4) is 0 Å². The van der Waals surface area contributed by atoms with Gasteiger partial charge in [-0.3, -0.25) is 4.79 Å². The van der Waals surface area contributed by atoms with Gasteiger partial charge in [0.05, 0.1) is 16.6 Å². The van der Waals surface area contributed by atoms with E-state index in [1.807, 2.05) is 51.1 Å². The zero-order valence-electron chi connectivity index (χ0n) is 13.3. The van der Waals surface area contributed by atoms with Crippen LogP contribution in [-0.2, 0) is 0 Å². The molecule has 0 unspecified atom stereocenters. The second-order valence-electron chi connectivity index (χ2n) is 5.64. The summed E-state index contributed by atoms with van der Waals surface area (Å²) in [7, 11) is 1.78. The highest BCUT2D eigenvalue weighted by Crippen LogP contribution is 2.20. The van der Waals surface area contributed by atoms with Gasteiger partial charge in [0.1, 0.15) is 0 Å². The lowest BCUT2D eigenvalue weighted by Crippen LogP contribution is -2.23. The molecule has 0 radical (unpaired) electrons. The van der Waals surface area contributed by atoms with Crippen molar-refractivity contribution in [3.05, 3.63) is 63.4 Å². The van der Waals surface area contributed by atoms with Crippen molar-refractivity contribution >= 4 is 16.9 Å². The third kappa shape index (κ3) is 2.26. The highest BCUT2D eigenvalue weighted by Gasteiger charge is 2.13. The second-order valence-corrected chi connectivity index (χ2v) is 5.64. The number of fused-ring (bicyclic) bond motifs is 1. The third-order valence-electron chi connectivity index (χ3n) is 3.84. The van der Waals surface area contributed by atoms with E-state index >= 15 is 0 Å². The maximum absolute atomic E-state index is 12.9. The Bertz CT molecular complexity index is 925. The molecule has 112 valence electrons. The Morgan fingerprint density at radius 3 is 2.36 bits per heavy atom. The van der Waals surface area contributed by atoms with Gasteiger partial charge in [0, 0.05) is 7.05 Å². The summed E-state index contributed by atoms with van der Waals surface area (Å²) in [6, 6.07) is 11.8. The van der Waals surface area contributed by atoms with Gasteiger partial charge in [0.2, 0.25) is 5.95 Å². The number of nitrogens with zero attached hydrogens (tertiary/aromatic N) is 2. The fraction of sp³-hybridized carbons (Fsp3) is 0.222. The Morgan fingerprint density at radius 1 is 1.00 bits per heavy atom. The highest BCUT2D eigenvalue weighted by molar-refractivity contribution is 5.80. The molecule has 0 atom stereocenters. The number of hydrogen-bond acceptors (Lipinski definition) is 3. The lowest BCUT2D eigenvalue weighted by atomic mass is 10.1. The van der Waals surface area contributed by atoms with Crippen LogP contribution in [0.2, 0.25) is 0 Å². The van der Waals surface area contributed by atoms with Crippen LogP contribution in [0.15, 0.2) is 41.2 Å². The fourth-order valence-electron chi connectivity index (χ4n) is 2.74. The molecule has 3 aromatic rings. The number of anilines is 1. The van der Waals surface area contributed by atoms with Crippen molar-refractivity contribution in [2.24, 2.45) is 0 Å². The number of rotatable bonds is 2. The van der Waals surface area contributed by atoms with Gasteiger partial charge in [0.25, 0.3) is 5.56 Å². The largest absolute Gasteiger partial charge is 0.358 e. The van der Waals surface area contributed by atoms with Gasteiger partial charge in [-0.1, -0.05) is 23.8 Å². The zero-order valence-corrected chi connectivity index (χ0v) is 13.3. The minimum Gasteiger partial charge on any atom is -0.358 e. The van der Waals surface area contributed by atoms with Crippen LogP contribution in [0.4, 0.5) is 5.95 Å². The van der Waals surface area contributed by atoms with E-state index in [2.05, 4.69) is 16.4 Å². The van der Waals surface area contributed by atoms with Gasteiger partial charge >= 0.3 is 0 Å². The van der Waals surface area contributed by atoms with Gasteiger partial charge < -0.3 is 5.32 Å². The molecule has 0 aliphatic heterocycles. The summed E-state index contributed by atoms with van der Waals surface area (Å²) in [6.07, 6.45) is 0. The average Bonchev–Trinajstić information content (AvgIpc) is 2.48. The van der Waals surface area contributed by atoms with Crippen LogP contribution < -0.4 is 10.9 Å². The molecule has 0 amide bonds. The summed E-state index contributed by atoms with van der Waals surface area (Å²) < 4.78 is 1.65. The molecule has 4 nitrogen and oxygen atoms in total. The molecule has 0 fully saturated rings. The summed E-state index contributed by atoms with van der Waals surface area (Å²) >= 11 is 0. The van der Waals surface area contributed by atoms with Gasteiger partial charge in [-0.15, -0.1) is 0 Å². The Morgan fingerprint density at radius 2 is 1.68 bits per heavy atom. The van der Waals surface area contributed by atoms with Crippen LogP contribution in [0.5, 0.6) is 0 Å².